The number of carboxylic acid groups (broad SMARTS) is 1. The summed E-state index contributed by atoms with van der Waals surface area (Å²) in [5.74, 6) is -0.509. The summed E-state index contributed by atoms with van der Waals surface area (Å²) in [5.41, 5.74) is -0.878. The van der Waals surface area contributed by atoms with Crippen LogP contribution in [0.1, 0.15) is 20.8 Å². The normalized spacial score (nSPS) is 24.5. The molecule has 0 aromatic rings. The van der Waals surface area contributed by atoms with E-state index in [2.05, 4.69) is 0 Å². The molecule has 0 radical (unpaired) electrons. The lowest BCUT2D eigenvalue weighted by atomic mass is 10.00. The maximum absolute atomic E-state index is 11.9. The second kappa shape index (κ2) is 4.52. The van der Waals surface area contributed by atoms with Crippen molar-refractivity contribution in [2.75, 3.05) is 20.7 Å². The molecule has 0 bridgehead atoms. The fourth-order valence-corrected chi connectivity index (χ4v) is 2.14. The number of nitrogens with zero attached hydrogens (tertiary/aromatic N) is 2. The summed E-state index contributed by atoms with van der Waals surface area (Å²) in [5, 5.41) is 9.21. The average Bonchev–Trinajstić information content (AvgIpc) is 2.51. The molecule has 6 heteroatoms. The molecule has 6 nitrogen and oxygen atoms in total. The molecule has 1 unspecified atom stereocenters. The third-order valence-electron chi connectivity index (χ3n) is 3.13. The van der Waals surface area contributed by atoms with E-state index in [0.717, 1.165) is 0 Å². The molecule has 17 heavy (non-hydrogen) atoms. The Morgan fingerprint density at radius 1 is 1.47 bits per heavy atom. The molecule has 1 aliphatic rings. The number of hydrogen-bond donors (Lipinski definition) is 1. The van der Waals surface area contributed by atoms with Crippen LogP contribution >= 0.6 is 0 Å². The van der Waals surface area contributed by atoms with Gasteiger partial charge >= 0.3 is 6.09 Å². The summed E-state index contributed by atoms with van der Waals surface area (Å²) in [4.78, 5) is 25.8. The van der Waals surface area contributed by atoms with E-state index < -0.39 is 23.8 Å². The van der Waals surface area contributed by atoms with Gasteiger partial charge in [-0.25, -0.2) is 4.79 Å². The molecular formula is C11H20N2O4. The lowest BCUT2D eigenvalue weighted by Gasteiger charge is -2.33. The molecule has 0 spiro atoms. The average molecular weight is 244 g/mol. The van der Waals surface area contributed by atoms with E-state index >= 15 is 0 Å². The topological polar surface area (TPSA) is 70.1 Å². The number of amides is 2. The van der Waals surface area contributed by atoms with Gasteiger partial charge in [0.1, 0.15) is 5.72 Å². The molecule has 0 aromatic carbocycles. The zero-order valence-electron chi connectivity index (χ0n) is 10.9. The Balaban J connectivity index is 2.91. The van der Waals surface area contributed by atoms with E-state index in [0.29, 0.717) is 0 Å². The van der Waals surface area contributed by atoms with Crippen molar-refractivity contribution < 1.29 is 19.4 Å². The van der Waals surface area contributed by atoms with Crippen molar-refractivity contribution in [2.45, 2.75) is 32.5 Å². The molecule has 0 aromatic heterocycles. The molecule has 1 aliphatic heterocycles. The van der Waals surface area contributed by atoms with Gasteiger partial charge in [0, 0.05) is 14.1 Å². The van der Waals surface area contributed by atoms with E-state index in [4.69, 9.17) is 4.74 Å². The molecule has 1 rings (SSSR count). The van der Waals surface area contributed by atoms with Crippen LogP contribution in [0.5, 0.6) is 0 Å². The fraction of sp³-hybridized carbons (Fsp3) is 0.818. The van der Waals surface area contributed by atoms with Crippen molar-refractivity contribution in [3.63, 3.8) is 0 Å². The summed E-state index contributed by atoms with van der Waals surface area (Å²) in [6.45, 7) is 5.36. The number of carbonyl (C=O) groups is 2. The van der Waals surface area contributed by atoms with Crippen LogP contribution in [0.15, 0.2) is 0 Å². The van der Waals surface area contributed by atoms with Crippen molar-refractivity contribution >= 4 is 12.0 Å². The molecule has 2 atom stereocenters. The molecule has 2 amide bonds. The highest BCUT2D eigenvalue weighted by Gasteiger charge is 2.47. The summed E-state index contributed by atoms with van der Waals surface area (Å²) in [6.07, 6.45) is -1.06. The Hall–Kier alpha value is -1.30. The molecule has 1 heterocycles. The van der Waals surface area contributed by atoms with Gasteiger partial charge in [-0.1, -0.05) is 6.92 Å². The van der Waals surface area contributed by atoms with E-state index in [1.807, 2.05) is 0 Å². The standard InChI is InChI=1S/C11H20N2O4/c1-7(9(14)12(4)5)8-6-17-11(2,3)13(8)10(15)16/h7-8H,6H2,1-5H3,(H,15,16)/t7?,8-/m0/s1. The van der Waals surface area contributed by atoms with Crippen LogP contribution in [0.25, 0.3) is 0 Å². The molecule has 1 N–H and O–H groups in total. The van der Waals surface area contributed by atoms with E-state index in [9.17, 15) is 14.7 Å². The van der Waals surface area contributed by atoms with Crippen LogP contribution in [-0.2, 0) is 9.53 Å². The van der Waals surface area contributed by atoms with Crippen molar-refractivity contribution in [1.82, 2.24) is 9.80 Å². The van der Waals surface area contributed by atoms with E-state index in [1.54, 1.807) is 34.9 Å². The monoisotopic (exact) mass is 244 g/mol. The molecule has 1 saturated heterocycles. The van der Waals surface area contributed by atoms with Crippen LogP contribution < -0.4 is 0 Å². The predicted octanol–water partition coefficient (Wildman–Crippen LogP) is 0.826. The minimum Gasteiger partial charge on any atom is -0.465 e. The van der Waals surface area contributed by atoms with Crippen molar-refractivity contribution in [1.29, 1.82) is 0 Å². The van der Waals surface area contributed by atoms with Gasteiger partial charge in [0.2, 0.25) is 5.91 Å². The summed E-state index contributed by atoms with van der Waals surface area (Å²) >= 11 is 0. The summed E-state index contributed by atoms with van der Waals surface area (Å²) < 4.78 is 5.45. The van der Waals surface area contributed by atoms with Crippen LogP contribution in [-0.4, -0.2) is 59.4 Å². The molecule has 1 fully saturated rings. The van der Waals surface area contributed by atoms with Gasteiger partial charge in [-0.15, -0.1) is 0 Å². The van der Waals surface area contributed by atoms with Gasteiger partial charge < -0.3 is 14.7 Å². The Labute approximate surface area is 101 Å². The quantitative estimate of drug-likeness (QED) is 0.781. The minimum absolute atomic E-state index is 0.0949. The Morgan fingerprint density at radius 2 is 2.00 bits per heavy atom. The third-order valence-corrected chi connectivity index (χ3v) is 3.13. The zero-order chi connectivity index (χ0) is 13.4. The smallest absolute Gasteiger partial charge is 0.409 e. The Kier molecular flexibility index (Phi) is 3.66. The minimum atomic E-state index is -1.06. The lowest BCUT2D eigenvalue weighted by Crippen LogP contribution is -2.51. The van der Waals surface area contributed by atoms with Gasteiger partial charge in [0.25, 0.3) is 0 Å². The fourth-order valence-electron chi connectivity index (χ4n) is 2.14. The molecule has 0 saturated carbocycles. The van der Waals surface area contributed by atoms with Gasteiger partial charge in [0.15, 0.2) is 0 Å². The van der Waals surface area contributed by atoms with Crippen LogP contribution in [0.4, 0.5) is 4.79 Å². The first-order valence-electron chi connectivity index (χ1n) is 5.56. The predicted molar refractivity (Wildman–Crippen MR) is 61.5 cm³/mol. The van der Waals surface area contributed by atoms with Gasteiger partial charge in [-0.2, -0.15) is 0 Å². The van der Waals surface area contributed by atoms with Crippen molar-refractivity contribution in [3.05, 3.63) is 0 Å². The SMILES string of the molecule is CC(C(=O)N(C)C)[C@@H]1COC(C)(C)N1C(=O)O. The highest BCUT2D eigenvalue weighted by molar-refractivity contribution is 5.79. The van der Waals surface area contributed by atoms with Crippen molar-refractivity contribution in [2.24, 2.45) is 5.92 Å². The summed E-state index contributed by atoms with van der Waals surface area (Å²) in [6, 6.07) is -0.433. The Bertz CT molecular complexity index is 327. The second-order valence-electron chi connectivity index (χ2n) is 5.00. The largest absolute Gasteiger partial charge is 0.465 e. The highest BCUT2D eigenvalue weighted by atomic mass is 16.5. The van der Waals surface area contributed by atoms with Crippen LogP contribution in [0.3, 0.4) is 0 Å². The van der Waals surface area contributed by atoms with Gasteiger partial charge in [0.05, 0.1) is 18.6 Å². The number of carbonyl (C=O) groups excluding carboxylic acids is 1. The van der Waals surface area contributed by atoms with E-state index in [1.165, 1.54) is 9.80 Å². The first kappa shape index (κ1) is 13.8. The third kappa shape index (κ3) is 2.52. The second-order valence-corrected chi connectivity index (χ2v) is 5.00. The van der Waals surface area contributed by atoms with Crippen LogP contribution in [0.2, 0.25) is 0 Å². The highest BCUT2D eigenvalue weighted by Crippen LogP contribution is 2.31. The van der Waals surface area contributed by atoms with Gasteiger partial charge in [-0.05, 0) is 13.8 Å². The first-order chi connectivity index (χ1) is 7.68. The zero-order valence-corrected chi connectivity index (χ0v) is 10.9. The lowest BCUT2D eigenvalue weighted by molar-refractivity contribution is -0.134. The molecule has 0 aliphatic carbocycles. The summed E-state index contributed by atoms with van der Waals surface area (Å²) in [7, 11) is 3.32. The first-order valence-corrected chi connectivity index (χ1v) is 5.56. The number of hydrogen-bond acceptors (Lipinski definition) is 3. The maximum Gasteiger partial charge on any atom is 0.409 e. The van der Waals surface area contributed by atoms with Crippen molar-refractivity contribution in [3.8, 4) is 0 Å². The molecular weight excluding hydrogens is 224 g/mol. The van der Waals surface area contributed by atoms with Gasteiger partial charge in [-0.3, -0.25) is 9.69 Å². The Morgan fingerprint density at radius 3 is 2.41 bits per heavy atom. The maximum atomic E-state index is 11.9. The van der Waals surface area contributed by atoms with E-state index in [-0.39, 0.29) is 12.5 Å². The number of rotatable bonds is 2. The van der Waals surface area contributed by atoms with Crippen LogP contribution in [0, 0.1) is 5.92 Å². The number of ether oxygens (including phenoxy) is 1. The molecule has 98 valence electrons.